The van der Waals surface area contributed by atoms with Crippen LogP contribution in [0.2, 0.25) is 0 Å². The zero-order valence-electron chi connectivity index (χ0n) is 12.4. The third-order valence-corrected chi connectivity index (χ3v) is 4.71. The number of rotatable bonds is 7. The molecule has 1 aromatic carbocycles. The molecule has 0 aliphatic rings. The van der Waals surface area contributed by atoms with E-state index in [-0.39, 0.29) is 5.75 Å². The third-order valence-electron chi connectivity index (χ3n) is 2.98. The van der Waals surface area contributed by atoms with Crippen LogP contribution in [0.1, 0.15) is 16.3 Å². The van der Waals surface area contributed by atoms with Gasteiger partial charge in [0.1, 0.15) is 11.6 Å². The van der Waals surface area contributed by atoms with Gasteiger partial charge in [0.05, 0.1) is 0 Å². The van der Waals surface area contributed by atoms with Gasteiger partial charge in [0.25, 0.3) is 0 Å². The largest absolute Gasteiger partial charge is 0.435 e. The van der Waals surface area contributed by atoms with Gasteiger partial charge in [-0.15, -0.1) is 16.4 Å². The Bertz CT molecular complexity index is 803. The van der Waals surface area contributed by atoms with Crippen LogP contribution in [0.15, 0.2) is 46.9 Å². The Hall–Kier alpha value is -2.19. The van der Waals surface area contributed by atoms with E-state index in [9.17, 15) is 8.78 Å². The van der Waals surface area contributed by atoms with Crippen molar-refractivity contribution in [3.8, 4) is 5.75 Å². The van der Waals surface area contributed by atoms with Crippen LogP contribution >= 0.6 is 23.1 Å². The van der Waals surface area contributed by atoms with Gasteiger partial charge in [0.2, 0.25) is 5.16 Å². The third kappa shape index (κ3) is 4.65. The normalized spacial score (nSPS) is 11.5. The molecular weight excluding hydrogens is 352 g/mol. The van der Waals surface area contributed by atoms with Gasteiger partial charge >= 0.3 is 6.61 Å². The van der Waals surface area contributed by atoms with Crippen molar-refractivity contribution in [1.82, 2.24) is 15.2 Å². The second kappa shape index (κ2) is 8.07. The average Bonchev–Trinajstić information content (AvgIpc) is 3.23. The Balaban J connectivity index is 1.62. The number of alkyl halides is 2. The summed E-state index contributed by atoms with van der Waals surface area (Å²) in [5, 5.41) is 9.50. The summed E-state index contributed by atoms with van der Waals surface area (Å²) in [7, 11) is 0. The number of aromatic nitrogens is 3. The molecule has 0 unspecified atom stereocenters. The van der Waals surface area contributed by atoms with E-state index in [0.717, 1.165) is 4.88 Å². The first-order valence-corrected chi connectivity index (χ1v) is 8.87. The molecule has 124 valence electrons. The zero-order valence-corrected chi connectivity index (χ0v) is 14.0. The van der Waals surface area contributed by atoms with Gasteiger partial charge in [-0.25, -0.2) is 4.98 Å². The van der Waals surface area contributed by atoms with E-state index in [1.807, 2.05) is 29.7 Å². The highest BCUT2D eigenvalue weighted by molar-refractivity contribution is 7.98. The Labute approximate surface area is 145 Å². The molecule has 2 aromatic heterocycles. The SMILES string of the molecule is FC(F)Oc1ccccc1CSc1n[nH]c(/C=C/c2cccs2)n1. The molecule has 8 heteroatoms. The van der Waals surface area contributed by atoms with E-state index in [0.29, 0.717) is 22.3 Å². The number of benzene rings is 1. The topological polar surface area (TPSA) is 50.8 Å². The lowest BCUT2D eigenvalue weighted by Crippen LogP contribution is -2.03. The van der Waals surface area contributed by atoms with Crippen molar-refractivity contribution in [3.63, 3.8) is 0 Å². The molecule has 0 fully saturated rings. The summed E-state index contributed by atoms with van der Waals surface area (Å²) in [5.41, 5.74) is 0.670. The van der Waals surface area contributed by atoms with Crippen LogP contribution in [-0.2, 0) is 5.75 Å². The first kappa shape index (κ1) is 16.7. The summed E-state index contributed by atoms with van der Waals surface area (Å²) >= 11 is 2.98. The highest BCUT2D eigenvalue weighted by Crippen LogP contribution is 2.27. The molecule has 0 atom stereocenters. The molecule has 3 aromatic rings. The van der Waals surface area contributed by atoms with Crippen LogP contribution in [0.4, 0.5) is 8.78 Å². The van der Waals surface area contributed by atoms with E-state index >= 15 is 0 Å². The number of hydrogen-bond acceptors (Lipinski definition) is 5. The maximum atomic E-state index is 12.4. The molecule has 0 radical (unpaired) electrons. The van der Waals surface area contributed by atoms with Crippen LogP contribution in [0.3, 0.4) is 0 Å². The molecule has 0 aliphatic carbocycles. The fourth-order valence-corrected chi connectivity index (χ4v) is 3.33. The first-order chi connectivity index (χ1) is 11.7. The van der Waals surface area contributed by atoms with Gasteiger partial charge in [-0.3, -0.25) is 5.10 Å². The molecule has 2 heterocycles. The summed E-state index contributed by atoms with van der Waals surface area (Å²) in [6.45, 7) is -2.84. The van der Waals surface area contributed by atoms with Crippen molar-refractivity contribution in [2.75, 3.05) is 0 Å². The first-order valence-electron chi connectivity index (χ1n) is 7.00. The minimum Gasteiger partial charge on any atom is -0.435 e. The molecule has 0 aliphatic heterocycles. The smallest absolute Gasteiger partial charge is 0.387 e. The minimum atomic E-state index is -2.84. The highest BCUT2D eigenvalue weighted by Gasteiger charge is 2.10. The van der Waals surface area contributed by atoms with Crippen molar-refractivity contribution in [2.45, 2.75) is 17.5 Å². The molecule has 0 spiro atoms. The van der Waals surface area contributed by atoms with Gasteiger partial charge in [0, 0.05) is 16.2 Å². The van der Waals surface area contributed by atoms with Crippen molar-refractivity contribution in [3.05, 3.63) is 58.0 Å². The number of H-pyrrole nitrogens is 1. The maximum Gasteiger partial charge on any atom is 0.387 e. The van der Waals surface area contributed by atoms with Gasteiger partial charge in [-0.05, 0) is 29.7 Å². The number of nitrogens with zero attached hydrogens (tertiary/aromatic N) is 2. The monoisotopic (exact) mass is 365 g/mol. The van der Waals surface area contributed by atoms with Crippen LogP contribution in [-0.4, -0.2) is 21.8 Å². The number of halogens is 2. The van der Waals surface area contributed by atoms with Crippen molar-refractivity contribution in [2.24, 2.45) is 0 Å². The lowest BCUT2D eigenvalue weighted by Gasteiger charge is -2.09. The van der Waals surface area contributed by atoms with Gasteiger partial charge in [-0.2, -0.15) is 8.78 Å². The lowest BCUT2D eigenvalue weighted by molar-refractivity contribution is -0.0503. The van der Waals surface area contributed by atoms with E-state index in [1.165, 1.54) is 17.8 Å². The molecule has 3 rings (SSSR count). The van der Waals surface area contributed by atoms with Crippen molar-refractivity contribution >= 4 is 35.3 Å². The fraction of sp³-hybridized carbons (Fsp3) is 0.125. The van der Waals surface area contributed by atoms with Gasteiger partial charge < -0.3 is 4.74 Å². The Morgan fingerprint density at radius 2 is 2.08 bits per heavy atom. The highest BCUT2D eigenvalue weighted by atomic mass is 32.2. The number of nitrogens with one attached hydrogen (secondary N) is 1. The Kier molecular flexibility index (Phi) is 5.60. The average molecular weight is 365 g/mol. The minimum absolute atomic E-state index is 0.174. The molecule has 1 N–H and O–H groups in total. The van der Waals surface area contributed by atoms with Crippen molar-refractivity contribution < 1.29 is 13.5 Å². The molecule has 0 saturated carbocycles. The summed E-state index contributed by atoms with van der Waals surface area (Å²) in [6.07, 6.45) is 3.79. The molecule has 4 nitrogen and oxygen atoms in total. The number of thioether (sulfide) groups is 1. The molecule has 0 amide bonds. The van der Waals surface area contributed by atoms with Crippen LogP contribution in [0.5, 0.6) is 5.75 Å². The Morgan fingerprint density at radius 1 is 1.21 bits per heavy atom. The standard InChI is InChI=1S/C16H13F2N3OS2/c17-15(18)22-13-6-2-1-4-11(13)10-24-16-19-14(20-21-16)8-7-12-5-3-9-23-12/h1-9,15H,10H2,(H,19,20,21)/b8-7+. The van der Waals surface area contributed by atoms with Crippen LogP contribution in [0.25, 0.3) is 12.2 Å². The van der Waals surface area contributed by atoms with Gasteiger partial charge in [0.15, 0.2) is 0 Å². The van der Waals surface area contributed by atoms with Gasteiger partial charge in [-0.1, -0.05) is 36.0 Å². The molecular formula is C16H13F2N3OS2. The van der Waals surface area contributed by atoms with E-state index in [4.69, 9.17) is 0 Å². The van der Waals surface area contributed by atoms with E-state index < -0.39 is 6.61 Å². The lowest BCUT2D eigenvalue weighted by atomic mass is 10.2. The van der Waals surface area contributed by atoms with Crippen LogP contribution < -0.4 is 4.74 Å². The maximum absolute atomic E-state index is 12.4. The number of ether oxygens (including phenoxy) is 1. The number of thiophene rings is 1. The summed E-state index contributed by atoms with van der Waals surface area (Å²) in [5.74, 6) is 1.26. The molecule has 0 bridgehead atoms. The fourth-order valence-electron chi connectivity index (χ4n) is 1.92. The second-order valence-electron chi connectivity index (χ2n) is 4.63. The van der Waals surface area contributed by atoms with Crippen molar-refractivity contribution in [1.29, 1.82) is 0 Å². The number of para-hydroxylation sites is 1. The van der Waals surface area contributed by atoms with E-state index in [1.54, 1.807) is 29.5 Å². The molecule has 0 saturated heterocycles. The summed E-state index contributed by atoms with van der Waals surface area (Å²) < 4.78 is 29.3. The predicted molar refractivity (Wildman–Crippen MR) is 92.3 cm³/mol. The predicted octanol–water partition coefficient (Wildman–Crippen LogP) is 4.93. The van der Waals surface area contributed by atoms with E-state index in [2.05, 4.69) is 19.9 Å². The second-order valence-corrected chi connectivity index (χ2v) is 6.55. The quantitative estimate of drug-likeness (QED) is 0.603. The summed E-state index contributed by atoms with van der Waals surface area (Å²) in [6, 6.07) is 10.7. The zero-order chi connectivity index (χ0) is 16.8. The number of aromatic amines is 1. The molecule has 24 heavy (non-hydrogen) atoms. The summed E-state index contributed by atoms with van der Waals surface area (Å²) in [4.78, 5) is 5.46. The number of hydrogen-bond donors (Lipinski definition) is 1. The Morgan fingerprint density at radius 3 is 2.88 bits per heavy atom. The van der Waals surface area contributed by atoms with Crippen LogP contribution in [0, 0.1) is 0 Å².